The molecule has 2 fully saturated rings. The number of carbonyl (C=O) groups excluding carboxylic acids is 1. The van der Waals surface area contributed by atoms with E-state index in [1.54, 1.807) is 0 Å². The van der Waals surface area contributed by atoms with Crippen molar-refractivity contribution in [3.8, 4) is 0 Å². The number of hydrogen-bond donors (Lipinski definition) is 0. The van der Waals surface area contributed by atoms with Crippen molar-refractivity contribution in [2.45, 2.75) is 44.2 Å². The molecular formula is C22H27FN4O. The van der Waals surface area contributed by atoms with Gasteiger partial charge in [-0.25, -0.2) is 4.39 Å². The molecule has 3 heterocycles. The van der Waals surface area contributed by atoms with Gasteiger partial charge < -0.3 is 4.90 Å². The Morgan fingerprint density at radius 3 is 2.57 bits per heavy atom. The van der Waals surface area contributed by atoms with E-state index in [2.05, 4.69) is 4.90 Å². The smallest absolute Gasteiger partial charge is 0.257 e. The van der Waals surface area contributed by atoms with Gasteiger partial charge >= 0.3 is 0 Å². The summed E-state index contributed by atoms with van der Waals surface area (Å²) in [6.07, 6.45) is 6.54. The van der Waals surface area contributed by atoms with E-state index in [-0.39, 0.29) is 17.1 Å². The number of piperidine rings is 1. The van der Waals surface area contributed by atoms with Gasteiger partial charge in [0.05, 0.1) is 11.3 Å². The van der Waals surface area contributed by atoms with E-state index in [4.69, 9.17) is 5.10 Å². The number of rotatable bonds is 4. The Morgan fingerprint density at radius 2 is 1.89 bits per heavy atom. The van der Waals surface area contributed by atoms with Gasteiger partial charge in [-0.2, -0.15) is 5.10 Å². The summed E-state index contributed by atoms with van der Waals surface area (Å²) in [5.74, 6) is 0.657. The maximum atomic E-state index is 13.1. The van der Waals surface area contributed by atoms with Gasteiger partial charge in [-0.3, -0.25) is 14.4 Å². The minimum absolute atomic E-state index is 0.0356. The molecule has 0 atom stereocenters. The molecule has 0 radical (unpaired) electrons. The lowest BCUT2D eigenvalue weighted by atomic mass is 9.72. The van der Waals surface area contributed by atoms with Crippen LogP contribution >= 0.6 is 0 Å². The fourth-order valence-corrected chi connectivity index (χ4v) is 4.82. The van der Waals surface area contributed by atoms with Gasteiger partial charge in [-0.05, 0) is 62.4 Å². The van der Waals surface area contributed by atoms with Crippen LogP contribution in [0.2, 0.25) is 0 Å². The zero-order valence-corrected chi connectivity index (χ0v) is 16.4. The third-order valence-electron chi connectivity index (χ3n) is 6.66. The van der Waals surface area contributed by atoms with Gasteiger partial charge in [0.1, 0.15) is 5.82 Å². The van der Waals surface area contributed by atoms with E-state index < -0.39 is 0 Å². The van der Waals surface area contributed by atoms with Gasteiger partial charge in [-0.15, -0.1) is 0 Å². The van der Waals surface area contributed by atoms with Crippen molar-refractivity contribution >= 4 is 5.91 Å². The Morgan fingerprint density at radius 1 is 1.18 bits per heavy atom. The highest BCUT2D eigenvalue weighted by Gasteiger charge is 2.46. The third kappa shape index (κ3) is 3.24. The van der Waals surface area contributed by atoms with Crippen LogP contribution in [-0.2, 0) is 18.5 Å². The monoisotopic (exact) mass is 382 g/mol. The summed E-state index contributed by atoms with van der Waals surface area (Å²) in [6.45, 7) is 4.47. The second-order valence-electron chi connectivity index (χ2n) is 8.90. The van der Waals surface area contributed by atoms with Crippen LogP contribution in [0.1, 0.15) is 47.3 Å². The molecule has 3 aliphatic rings. The summed E-state index contributed by atoms with van der Waals surface area (Å²) in [6, 6.07) is 6.79. The van der Waals surface area contributed by atoms with Crippen LogP contribution in [0.15, 0.2) is 30.5 Å². The van der Waals surface area contributed by atoms with Gasteiger partial charge in [0.15, 0.2) is 0 Å². The molecule has 28 heavy (non-hydrogen) atoms. The number of likely N-dealkylation sites (N-methyl/N-ethyl adjacent to an activating group) is 1. The van der Waals surface area contributed by atoms with Crippen molar-refractivity contribution in [1.29, 1.82) is 0 Å². The minimum atomic E-state index is -0.189. The van der Waals surface area contributed by atoms with E-state index in [0.717, 1.165) is 68.3 Å². The van der Waals surface area contributed by atoms with Crippen LogP contribution in [0.4, 0.5) is 4.39 Å². The molecule has 1 saturated carbocycles. The van der Waals surface area contributed by atoms with Crippen molar-refractivity contribution in [1.82, 2.24) is 19.6 Å². The first-order valence-corrected chi connectivity index (χ1v) is 10.3. The highest BCUT2D eigenvalue weighted by molar-refractivity contribution is 5.96. The maximum Gasteiger partial charge on any atom is 0.257 e. The molecule has 2 aromatic rings. The van der Waals surface area contributed by atoms with E-state index in [0.29, 0.717) is 0 Å². The first kappa shape index (κ1) is 17.9. The van der Waals surface area contributed by atoms with Crippen LogP contribution in [0.5, 0.6) is 0 Å². The van der Waals surface area contributed by atoms with E-state index in [1.807, 2.05) is 35.0 Å². The van der Waals surface area contributed by atoms with Crippen LogP contribution in [0.3, 0.4) is 0 Å². The number of carbonyl (C=O) groups is 1. The van der Waals surface area contributed by atoms with Crippen LogP contribution in [0.25, 0.3) is 0 Å². The fourth-order valence-electron chi connectivity index (χ4n) is 4.82. The van der Waals surface area contributed by atoms with Crippen molar-refractivity contribution in [3.63, 3.8) is 0 Å². The largest absolute Gasteiger partial charge is 0.341 e. The lowest BCUT2D eigenvalue weighted by Gasteiger charge is -2.45. The maximum absolute atomic E-state index is 13.1. The van der Waals surface area contributed by atoms with E-state index in [9.17, 15) is 9.18 Å². The normalized spacial score (nSPS) is 21.9. The fraction of sp³-hybridized carbons (Fsp3) is 0.545. The number of nitrogens with zero attached hydrogens (tertiary/aromatic N) is 4. The molecule has 1 aliphatic carbocycles. The van der Waals surface area contributed by atoms with Crippen molar-refractivity contribution in [2.75, 3.05) is 26.7 Å². The second kappa shape index (κ2) is 6.69. The number of fused-ring (bicyclic) bond motifs is 2. The van der Waals surface area contributed by atoms with Gasteiger partial charge in [0.25, 0.3) is 5.91 Å². The van der Waals surface area contributed by atoms with Crippen LogP contribution < -0.4 is 0 Å². The molecule has 6 heteroatoms. The molecule has 1 amide bonds. The zero-order valence-electron chi connectivity index (χ0n) is 16.4. The highest BCUT2D eigenvalue weighted by atomic mass is 19.1. The lowest BCUT2D eigenvalue weighted by Crippen LogP contribution is -2.53. The van der Waals surface area contributed by atoms with E-state index in [1.165, 1.54) is 25.0 Å². The molecular weight excluding hydrogens is 355 g/mol. The predicted octanol–water partition coefficient (Wildman–Crippen LogP) is 3.05. The minimum Gasteiger partial charge on any atom is -0.341 e. The van der Waals surface area contributed by atoms with Gasteiger partial charge in [-0.1, -0.05) is 12.1 Å². The summed E-state index contributed by atoms with van der Waals surface area (Å²) >= 11 is 0. The highest BCUT2D eigenvalue weighted by Crippen LogP contribution is 2.41. The van der Waals surface area contributed by atoms with Crippen LogP contribution in [-0.4, -0.2) is 52.2 Å². The topological polar surface area (TPSA) is 41.4 Å². The molecule has 1 aromatic heterocycles. The Hall–Kier alpha value is -2.21. The summed E-state index contributed by atoms with van der Waals surface area (Å²) < 4.78 is 15.2. The number of halogens is 1. The third-order valence-corrected chi connectivity index (χ3v) is 6.66. The summed E-state index contributed by atoms with van der Waals surface area (Å²) in [5.41, 5.74) is 2.94. The van der Waals surface area contributed by atoms with Crippen molar-refractivity contribution in [3.05, 3.63) is 53.1 Å². The summed E-state index contributed by atoms with van der Waals surface area (Å²) in [7, 11) is 1.91. The Bertz CT molecular complexity index is 878. The quantitative estimate of drug-likeness (QED) is 0.816. The molecule has 148 valence electrons. The standard InChI is InChI=1S/C22H27FN4O/c1-25-15-22(20-19(21(25)28)14-27(24-20)13-17-2-3-17)8-10-26(11-9-22)12-16-4-6-18(23)7-5-16/h4-7,14,17H,2-3,8-13,15H2,1H3. The number of amides is 1. The molecule has 5 rings (SSSR count). The first-order valence-electron chi connectivity index (χ1n) is 10.3. The predicted molar refractivity (Wildman–Crippen MR) is 105 cm³/mol. The van der Waals surface area contributed by atoms with Crippen LogP contribution in [0, 0.1) is 11.7 Å². The van der Waals surface area contributed by atoms with Gasteiger partial charge in [0, 0.05) is 38.3 Å². The molecule has 5 nitrogen and oxygen atoms in total. The Balaban J connectivity index is 1.34. The first-order chi connectivity index (χ1) is 13.5. The number of likely N-dealkylation sites (tertiary alicyclic amines) is 1. The second-order valence-corrected chi connectivity index (χ2v) is 8.90. The molecule has 0 unspecified atom stereocenters. The number of benzene rings is 1. The van der Waals surface area contributed by atoms with Crippen molar-refractivity contribution in [2.24, 2.45) is 5.92 Å². The summed E-state index contributed by atoms with van der Waals surface area (Å²) in [4.78, 5) is 17.0. The molecule has 1 spiro atoms. The summed E-state index contributed by atoms with van der Waals surface area (Å²) in [5, 5.41) is 4.92. The van der Waals surface area contributed by atoms with Crippen molar-refractivity contribution < 1.29 is 9.18 Å². The van der Waals surface area contributed by atoms with Gasteiger partial charge in [0.2, 0.25) is 0 Å². The molecule has 0 N–H and O–H groups in total. The Labute approximate surface area is 165 Å². The number of aromatic nitrogens is 2. The molecule has 2 aliphatic heterocycles. The lowest BCUT2D eigenvalue weighted by molar-refractivity contribution is 0.0628. The average molecular weight is 382 g/mol. The Kier molecular flexibility index (Phi) is 4.27. The SMILES string of the molecule is CN1CC2(CCN(Cc3ccc(F)cc3)CC2)c2nn(CC3CC3)cc2C1=O. The molecule has 0 bridgehead atoms. The van der Waals surface area contributed by atoms with E-state index >= 15 is 0 Å². The molecule has 1 aromatic carbocycles. The average Bonchev–Trinajstić information content (AvgIpc) is 3.39. The number of hydrogen-bond acceptors (Lipinski definition) is 3. The molecule has 1 saturated heterocycles. The zero-order chi connectivity index (χ0) is 19.3.